The molecule has 62 heavy (non-hydrogen) atoms. The topological polar surface area (TPSA) is 95.4 Å². The number of hydrogen-bond donors (Lipinski definition) is 0. The lowest BCUT2D eigenvalue weighted by molar-refractivity contribution is 0.669. The predicted octanol–water partition coefficient (Wildman–Crippen LogP) is 13.1. The molecule has 4 heterocycles. The highest BCUT2D eigenvalue weighted by Crippen LogP contribution is 2.40. The van der Waals surface area contributed by atoms with Crippen LogP contribution in [0.25, 0.3) is 118 Å². The fourth-order valence-electron chi connectivity index (χ4n) is 7.73. The van der Waals surface area contributed by atoms with Crippen molar-refractivity contribution >= 4 is 43.7 Å². The van der Waals surface area contributed by atoms with Crippen molar-refractivity contribution in [1.29, 1.82) is 0 Å². The zero-order chi connectivity index (χ0) is 54.0. The highest BCUT2D eigenvalue weighted by atomic mass is 16.3. The Hall–Kier alpha value is -8.62. The molecule has 0 N–H and O–H groups in total. The highest BCUT2D eigenvalue weighted by molar-refractivity contribution is 6.12. The van der Waals surface area contributed by atoms with E-state index >= 15 is 0 Å². The molecular formula is C54H33N7O. The third-order valence-corrected chi connectivity index (χ3v) is 10.4. The number of rotatable bonds is 7. The van der Waals surface area contributed by atoms with Crippen LogP contribution in [0.5, 0.6) is 0 Å². The van der Waals surface area contributed by atoms with Gasteiger partial charge < -0.3 is 8.98 Å². The maximum absolute atomic E-state index is 9.10. The van der Waals surface area contributed by atoms with Crippen LogP contribution in [0.2, 0.25) is 0 Å². The van der Waals surface area contributed by atoms with Gasteiger partial charge in [-0.15, -0.1) is 0 Å². The van der Waals surface area contributed by atoms with Gasteiger partial charge in [-0.3, -0.25) is 0 Å². The van der Waals surface area contributed by atoms with Gasteiger partial charge in [0, 0.05) is 54.9 Å². The van der Waals surface area contributed by atoms with Crippen LogP contribution in [-0.4, -0.2) is 34.5 Å². The summed E-state index contributed by atoms with van der Waals surface area (Å²) in [5.74, 6) is -1.53. The van der Waals surface area contributed by atoms with Gasteiger partial charge in [-0.2, -0.15) is 0 Å². The second-order valence-corrected chi connectivity index (χ2v) is 14.0. The van der Waals surface area contributed by atoms with Crippen molar-refractivity contribution in [2.24, 2.45) is 0 Å². The van der Waals surface area contributed by atoms with Gasteiger partial charge in [-0.25, -0.2) is 29.9 Å². The number of benzene rings is 8. The fraction of sp³-hybridized carbons (Fsp3) is 0. The zero-order valence-electron chi connectivity index (χ0n) is 46.9. The van der Waals surface area contributed by atoms with E-state index < -0.39 is 113 Å². The first-order valence-electron chi connectivity index (χ1n) is 26.7. The molecule has 0 atom stereocenters. The van der Waals surface area contributed by atoms with Crippen LogP contribution in [0, 0.1) is 0 Å². The van der Waals surface area contributed by atoms with Crippen LogP contribution in [0.4, 0.5) is 0 Å². The largest absolute Gasteiger partial charge is 0.456 e. The first kappa shape index (κ1) is 23.2. The van der Waals surface area contributed by atoms with E-state index in [0.29, 0.717) is 27.8 Å². The Morgan fingerprint density at radius 1 is 0.371 bits per heavy atom. The van der Waals surface area contributed by atoms with Crippen molar-refractivity contribution in [3.8, 4) is 74.0 Å². The third kappa shape index (κ3) is 6.00. The number of aromatic nitrogens is 7. The highest BCUT2D eigenvalue weighted by Gasteiger charge is 2.23. The normalized spacial score (nSPS) is 14.9. The lowest BCUT2D eigenvalue weighted by Gasteiger charge is -2.16. The van der Waals surface area contributed by atoms with Crippen molar-refractivity contribution in [2.75, 3.05) is 0 Å². The molecule has 12 aromatic rings. The summed E-state index contributed by atoms with van der Waals surface area (Å²) in [7, 11) is 0. The molecule has 0 saturated carbocycles. The molecule has 8 nitrogen and oxygen atoms in total. The first-order valence-corrected chi connectivity index (χ1v) is 19.2. The summed E-state index contributed by atoms with van der Waals surface area (Å²) in [6.07, 6.45) is 0. The molecule has 0 fully saturated rings. The van der Waals surface area contributed by atoms with Gasteiger partial charge >= 0.3 is 0 Å². The second kappa shape index (κ2) is 14.6. The minimum atomic E-state index is -0.704. The smallest absolute Gasteiger partial charge is 0.166 e. The molecule has 0 aliphatic rings. The van der Waals surface area contributed by atoms with Crippen LogP contribution in [-0.2, 0) is 0 Å². The van der Waals surface area contributed by atoms with E-state index in [1.807, 2.05) is 77.4 Å². The van der Waals surface area contributed by atoms with E-state index in [1.165, 1.54) is 0 Å². The predicted molar refractivity (Wildman–Crippen MR) is 247 cm³/mol. The second-order valence-electron chi connectivity index (χ2n) is 14.0. The zero-order valence-corrected chi connectivity index (χ0v) is 31.9. The van der Waals surface area contributed by atoms with Gasteiger partial charge in [0.05, 0.1) is 37.3 Å². The van der Waals surface area contributed by atoms with Crippen LogP contribution in [0.1, 0.15) is 20.6 Å². The lowest BCUT2D eigenvalue weighted by atomic mass is 10.0. The van der Waals surface area contributed by atoms with Crippen molar-refractivity contribution in [2.45, 2.75) is 0 Å². The summed E-state index contributed by atoms with van der Waals surface area (Å²) >= 11 is 0. The average Bonchev–Trinajstić information content (AvgIpc) is 4.08. The van der Waals surface area contributed by atoms with Crippen molar-refractivity contribution in [1.82, 2.24) is 34.5 Å². The summed E-state index contributed by atoms with van der Waals surface area (Å²) in [5, 5.41) is 3.11. The van der Waals surface area contributed by atoms with Gasteiger partial charge in [0.2, 0.25) is 0 Å². The first-order chi connectivity index (χ1) is 36.9. The van der Waals surface area contributed by atoms with E-state index in [9.17, 15) is 0 Å². The summed E-state index contributed by atoms with van der Waals surface area (Å²) in [4.78, 5) is 28.8. The van der Waals surface area contributed by atoms with E-state index in [4.69, 9.17) is 49.9 Å². The third-order valence-electron chi connectivity index (χ3n) is 10.4. The maximum Gasteiger partial charge on any atom is 0.166 e. The minimum absolute atomic E-state index is 0.0275. The standard InChI is InChI=1S/C54H33N7O/c1-4-17-34(18-5-1)49-55-50(35-19-6-2-7-20-35)57-52(56-49)37-31-32-45(61-43-27-13-10-23-38(43)39-24-11-14-28-44(39)61)42(33-37)54-59-51(36-21-8-3-9-22-36)58-53(60-54)41-26-16-30-47-48(41)40-25-12-15-29-46(40)62-47/h1-33H/i1D,2D,3D,4D,5D,6D,7D,8D,9D,17D,18D,19D,20D,21D,22D. The molecule has 8 aromatic carbocycles. The van der Waals surface area contributed by atoms with Crippen LogP contribution >= 0.6 is 0 Å². The summed E-state index contributed by atoms with van der Waals surface area (Å²) in [6, 6.07) is 23.1. The Kier molecular flexibility index (Phi) is 5.47. The van der Waals surface area contributed by atoms with E-state index in [2.05, 4.69) is 4.98 Å². The Morgan fingerprint density at radius 3 is 1.40 bits per heavy atom. The van der Waals surface area contributed by atoms with Crippen molar-refractivity contribution < 1.29 is 25.0 Å². The SMILES string of the molecule is [2H]c1c([2H])c([2H])c(-c2nc(-c3ccc(-n4c5ccccc5c5ccccc54)c(-c4nc(-c5c([2H])c([2H])c([2H])c([2H])c5[2H])nc(-c5cccc6oc7ccccc7c56)n4)c3)nc(-c3c([2H])c([2H])c([2H])c([2H])c3[2H])n2)c([2H])c1[2H]. The van der Waals surface area contributed by atoms with Crippen LogP contribution < -0.4 is 0 Å². The van der Waals surface area contributed by atoms with E-state index in [0.717, 1.165) is 27.2 Å². The summed E-state index contributed by atoms with van der Waals surface area (Å²) in [6.45, 7) is 0. The van der Waals surface area contributed by atoms with E-state index in [1.54, 1.807) is 36.4 Å². The molecule has 8 heteroatoms. The molecule has 290 valence electrons. The van der Waals surface area contributed by atoms with E-state index in [-0.39, 0.29) is 40.0 Å². The number of hydrogen-bond acceptors (Lipinski definition) is 7. The Balaban J connectivity index is 1.22. The number of fused-ring (bicyclic) bond motifs is 6. The Labute approximate surface area is 376 Å². The van der Waals surface area contributed by atoms with Crippen molar-refractivity contribution in [3.63, 3.8) is 0 Å². The molecule has 12 rings (SSSR count). The molecule has 0 unspecified atom stereocenters. The number of furan rings is 1. The molecule has 0 spiro atoms. The quantitative estimate of drug-likeness (QED) is 0.158. The molecule has 0 aliphatic carbocycles. The molecule has 0 bridgehead atoms. The molecule has 4 aromatic heterocycles. The van der Waals surface area contributed by atoms with Crippen LogP contribution in [0.3, 0.4) is 0 Å². The molecule has 0 amide bonds. The average molecular weight is 811 g/mol. The minimum Gasteiger partial charge on any atom is -0.456 e. The number of para-hydroxylation sites is 3. The van der Waals surface area contributed by atoms with Gasteiger partial charge in [0.25, 0.3) is 0 Å². The molecular weight excluding hydrogens is 763 g/mol. The van der Waals surface area contributed by atoms with Gasteiger partial charge in [-0.1, -0.05) is 157 Å². The van der Waals surface area contributed by atoms with Crippen LogP contribution in [0.15, 0.2) is 204 Å². The molecule has 0 aliphatic heterocycles. The summed E-state index contributed by atoms with van der Waals surface area (Å²) < 4.78 is 138. The Morgan fingerprint density at radius 2 is 0.823 bits per heavy atom. The molecule has 0 saturated heterocycles. The number of nitrogens with zero attached hydrogens (tertiary/aromatic N) is 7. The monoisotopic (exact) mass is 810 g/mol. The fourth-order valence-corrected chi connectivity index (χ4v) is 7.73. The van der Waals surface area contributed by atoms with Gasteiger partial charge in [-0.05, 0) is 42.5 Å². The Bertz CT molecular complexity index is 4340. The molecule has 0 radical (unpaired) electrons. The van der Waals surface area contributed by atoms with Gasteiger partial charge in [0.15, 0.2) is 34.9 Å². The van der Waals surface area contributed by atoms with Gasteiger partial charge in [0.1, 0.15) is 11.2 Å². The summed E-state index contributed by atoms with van der Waals surface area (Å²) in [5.41, 5.74) is 2.60. The maximum atomic E-state index is 9.10. The van der Waals surface area contributed by atoms with Crippen molar-refractivity contribution in [3.05, 3.63) is 200 Å². The lowest BCUT2D eigenvalue weighted by Crippen LogP contribution is -2.05.